The topological polar surface area (TPSA) is 65.5 Å². The Balaban J connectivity index is 1.52. The van der Waals surface area contributed by atoms with Crippen LogP contribution in [0, 0.1) is 23.2 Å². The molecule has 1 aromatic heterocycles. The Morgan fingerprint density at radius 3 is 2.67 bits per heavy atom. The fourth-order valence-corrected chi connectivity index (χ4v) is 7.66. The van der Waals surface area contributed by atoms with Crippen LogP contribution < -0.4 is 5.32 Å². The number of aromatic nitrogens is 1. The maximum atomic E-state index is 13.1. The zero-order valence-corrected chi connectivity index (χ0v) is 21.5. The second-order valence-corrected chi connectivity index (χ2v) is 11.4. The number of nitrogens with zero attached hydrogens (tertiary/aromatic N) is 2. The molecule has 1 heterocycles. The van der Waals surface area contributed by atoms with Crippen LogP contribution in [-0.4, -0.2) is 40.1 Å². The number of anilines is 1. The van der Waals surface area contributed by atoms with Crippen LogP contribution in [0.25, 0.3) is 0 Å². The highest BCUT2D eigenvalue weighted by molar-refractivity contribution is 7.15. The van der Waals surface area contributed by atoms with E-state index in [1.165, 1.54) is 10.4 Å². The molecule has 6 unspecified atom stereocenters. The molecule has 0 spiro atoms. The van der Waals surface area contributed by atoms with E-state index in [2.05, 4.69) is 43.4 Å². The Morgan fingerprint density at radius 2 is 2.00 bits per heavy atom. The Bertz CT molecular complexity index is 958. The number of aliphatic hydroxyl groups excluding tert-OH is 1. The molecule has 2 aliphatic rings. The van der Waals surface area contributed by atoms with Crippen molar-refractivity contribution in [2.45, 2.75) is 72.4 Å². The highest BCUT2D eigenvalue weighted by Gasteiger charge is 2.54. The molecule has 2 aromatic rings. The number of benzene rings is 1. The van der Waals surface area contributed by atoms with Gasteiger partial charge in [0, 0.05) is 36.3 Å². The molecule has 2 N–H and O–H groups in total. The number of nitrogens with one attached hydrogen (secondary N) is 1. The third-order valence-electron chi connectivity index (χ3n) is 8.32. The van der Waals surface area contributed by atoms with E-state index < -0.39 is 6.10 Å². The van der Waals surface area contributed by atoms with E-state index >= 15 is 0 Å². The van der Waals surface area contributed by atoms with Gasteiger partial charge in [0.05, 0.1) is 11.8 Å². The molecule has 1 fully saturated rings. The molecular formula is C27H39N3O2S. The number of amides is 1. The quantitative estimate of drug-likeness (QED) is 0.577. The van der Waals surface area contributed by atoms with Gasteiger partial charge in [-0.05, 0) is 55.9 Å². The summed E-state index contributed by atoms with van der Waals surface area (Å²) in [7, 11) is 0. The predicted molar refractivity (Wildman–Crippen MR) is 135 cm³/mol. The summed E-state index contributed by atoms with van der Waals surface area (Å²) in [4.78, 5) is 21.3. The molecule has 6 atom stereocenters. The lowest BCUT2D eigenvalue weighted by atomic mass is 9.53. The maximum absolute atomic E-state index is 13.1. The van der Waals surface area contributed by atoms with E-state index in [0.29, 0.717) is 0 Å². The fraction of sp³-hybridized carbons (Fsp3) is 0.630. The molecule has 0 aliphatic heterocycles. The predicted octanol–water partition coefficient (Wildman–Crippen LogP) is 5.31. The lowest BCUT2D eigenvalue weighted by molar-refractivity contribution is -0.144. The van der Waals surface area contributed by atoms with Crippen LogP contribution in [0.4, 0.5) is 5.13 Å². The molecule has 0 radical (unpaired) electrons. The van der Waals surface area contributed by atoms with Gasteiger partial charge in [0.15, 0.2) is 5.13 Å². The van der Waals surface area contributed by atoms with Gasteiger partial charge in [-0.15, -0.1) is 11.3 Å². The smallest absolute Gasteiger partial charge is 0.225 e. The molecule has 0 saturated heterocycles. The Morgan fingerprint density at radius 1 is 1.30 bits per heavy atom. The summed E-state index contributed by atoms with van der Waals surface area (Å²) in [6.45, 7) is 12.8. The zero-order valence-electron chi connectivity index (χ0n) is 20.7. The van der Waals surface area contributed by atoms with Crippen LogP contribution in [0.2, 0.25) is 0 Å². The minimum absolute atomic E-state index is 0.00878. The molecule has 4 rings (SSSR count). The number of rotatable bonds is 7. The lowest BCUT2D eigenvalue weighted by Crippen LogP contribution is -2.53. The van der Waals surface area contributed by atoms with Gasteiger partial charge in [0.2, 0.25) is 5.91 Å². The van der Waals surface area contributed by atoms with Crippen molar-refractivity contribution in [3.63, 3.8) is 0 Å². The summed E-state index contributed by atoms with van der Waals surface area (Å²) in [5.41, 5.74) is 2.42. The van der Waals surface area contributed by atoms with E-state index in [0.717, 1.165) is 49.7 Å². The first kappa shape index (κ1) is 24.2. The molecule has 0 bridgehead atoms. The standard InChI is InChI=1S/C27H39N3O2S/c1-6-30(7-2)25(32)17(3)20-13-14-27(5)15-21-23(18(4)22(27)24(20)31)29-26(33-21)28-16-19-11-9-8-10-12-19/h8-12,17-18,20,22,24,31H,6-7,13-16H2,1-5H3,(H,28,29). The summed E-state index contributed by atoms with van der Waals surface area (Å²) in [6.07, 6.45) is 2.43. The lowest BCUT2D eigenvalue weighted by Gasteiger charge is -2.53. The third-order valence-corrected chi connectivity index (χ3v) is 9.34. The van der Waals surface area contributed by atoms with Crippen LogP contribution >= 0.6 is 11.3 Å². The average molecular weight is 470 g/mol. The first-order chi connectivity index (χ1) is 15.8. The highest BCUT2D eigenvalue weighted by Crippen LogP contribution is 2.57. The number of thiazole rings is 1. The van der Waals surface area contributed by atoms with Crippen molar-refractivity contribution in [3.05, 3.63) is 46.5 Å². The largest absolute Gasteiger partial charge is 0.392 e. The molecule has 1 amide bonds. The number of fused-ring (bicyclic) bond motifs is 2. The third kappa shape index (κ3) is 4.57. The monoisotopic (exact) mass is 469 g/mol. The summed E-state index contributed by atoms with van der Waals surface area (Å²) < 4.78 is 0. The Labute approximate surface area is 202 Å². The maximum Gasteiger partial charge on any atom is 0.225 e. The average Bonchev–Trinajstić information content (AvgIpc) is 3.21. The summed E-state index contributed by atoms with van der Waals surface area (Å²) in [6, 6.07) is 10.4. The van der Waals surface area contributed by atoms with Crippen molar-refractivity contribution in [1.29, 1.82) is 0 Å². The first-order valence-corrected chi connectivity index (χ1v) is 13.3. The van der Waals surface area contributed by atoms with E-state index in [9.17, 15) is 9.90 Å². The van der Waals surface area contributed by atoms with E-state index in [1.807, 2.05) is 31.7 Å². The van der Waals surface area contributed by atoms with Crippen LogP contribution in [0.1, 0.15) is 69.5 Å². The zero-order chi connectivity index (χ0) is 23.8. The first-order valence-electron chi connectivity index (χ1n) is 12.5. The summed E-state index contributed by atoms with van der Waals surface area (Å²) >= 11 is 1.77. The minimum atomic E-state index is -0.483. The molecule has 1 saturated carbocycles. The highest BCUT2D eigenvalue weighted by atomic mass is 32.1. The molecule has 5 nitrogen and oxygen atoms in total. The number of aliphatic hydroxyl groups is 1. The van der Waals surface area contributed by atoms with Gasteiger partial charge < -0.3 is 15.3 Å². The van der Waals surface area contributed by atoms with Gasteiger partial charge in [-0.2, -0.15) is 0 Å². The van der Waals surface area contributed by atoms with E-state index in [4.69, 9.17) is 4.98 Å². The number of carbonyl (C=O) groups excluding carboxylic acids is 1. The van der Waals surface area contributed by atoms with Crippen LogP contribution in [-0.2, 0) is 17.8 Å². The fourth-order valence-electron chi connectivity index (χ4n) is 6.40. The molecular weight excluding hydrogens is 430 g/mol. The Kier molecular flexibility index (Phi) is 7.15. The van der Waals surface area contributed by atoms with Crippen LogP contribution in [0.3, 0.4) is 0 Å². The Hall–Kier alpha value is -1.92. The van der Waals surface area contributed by atoms with Crippen molar-refractivity contribution in [2.75, 3.05) is 18.4 Å². The molecule has 33 heavy (non-hydrogen) atoms. The van der Waals surface area contributed by atoms with Crippen LogP contribution in [0.15, 0.2) is 30.3 Å². The van der Waals surface area contributed by atoms with Gasteiger partial charge >= 0.3 is 0 Å². The molecule has 2 aliphatic carbocycles. The van der Waals surface area contributed by atoms with Crippen molar-refractivity contribution in [3.8, 4) is 0 Å². The van der Waals surface area contributed by atoms with Gasteiger partial charge in [0.25, 0.3) is 0 Å². The van der Waals surface area contributed by atoms with Crippen molar-refractivity contribution >= 4 is 22.4 Å². The summed E-state index contributed by atoms with van der Waals surface area (Å²) in [5.74, 6) is 0.333. The number of hydrogen-bond donors (Lipinski definition) is 2. The van der Waals surface area contributed by atoms with E-state index in [-0.39, 0.29) is 35.0 Å². The van der Waals surface area contributed by atoms with Gasteiger partial charge in [0.1, 0.15) is 0 Å². The number of carbonyl (C=O) groups is 1. The van der Waals surface area contributed by atoms with Gasteiger partial charge in [-0.3, -0.25) is 4.79 Å². The summed E-state index contributed by atoms with van der Waals surface area (Å²) in [5, 5.41) is 16.1. The normalized spacial score (nSPS) is 29.6. The minimum Gasteiger partial charge on any atom is -0.392 e. The van der Waals surface area contributed by atoms with E-state index in [1.54, 1.807) is 11.3 Å². The van der Waals surface area contributed by atoms with Gasteiger partial charge in [-0.1, -0.05) is 51.1 Å². The number of hydrogen-bond acceptors (Lipinski definition) is 5. The second-order valence-electron chi connectivity index (χ2n) is 10.3. The SMILES string of the molecule is CCN(CC)C(=O)C(C)C1CCC2(C)Cc3sc(NCc4ccccc4)nc3C(C)C2C1O. The van der Waals surface area contributed by atoms with Gasteiger partial charge in [-0.25, -0.2) is 4.98 Å². The second kappa shape index (κ2) is 9.75. The van der Waals surface area contributed by atoms with Crippen molar-refractivity contribution in [2.24, 2.45) is 23.2 Å². The van der Waals surface area contributed by atoms with Crippen LogP contribution in [0.5, 0.6) is 0 Å². The molecule has 180 valence electrons. The molecule has 1 aromatic carbocycles. The molecule has 6 heteroatoms. The van der Waals surface area contributed by atoms with Crippen molar-refractivity contribution < 1.29 is 9.90 Å². The van der Waals surface area contributed by atoms with Crippen molar-refractivity contribution in [1.82, 2.24) is 9.88 Å².